The van der Waals surface area contributed by atoms with Gasteiger partial charge in [-0.25, -0.2) is 4.79 Å². The quantitative estimate of drug-likeness (QED) is 0.805. The number of nitrogens with one attached hydrogen (secondary N) is 1. The third-order valence-electron chi connectivity index (χ3n) is 5.35. The van der Waals surface area contributed by atoms with E-state index in [1.807, 2.05) is 31.2 Å². The summed E-state index contributed by atoms with van der Waals surface area (Å²) in [4.78, 5) is 39.8. The largest absolute Gasteiger partial charge is 0.442 e. The Kier molecular flexibility index (Phi) is 5.33. The number of anilines is 2. The Morgan fingerprint density at radius 1 is 1.19 bits per heavy atom. The van der Waals surface area contributed by atoms with Gasteiger partial charge in [0.1, 0.15) is 11.4 Å². The fourth-order valence-corrected chi connectivity index (χ4v) is 3.67. The van der Waals surface area contributed by atoms with E-state index < -0.39 is 17.6 Å². The summed E-state index contributed by atoms with van der Waals surface area (Å²) in [6.45, 7) is 7.59. The lowest BCUT2D eigenvalue weighted by atomic mass is 10.1. The lowest BCUT2D eigenvalue weighted by molar-refractivity contribution is -0.122. The summed E-state index contributed by atoms with van der Waals surface area (Å²) >= 11 is 0. The summed E-state index contributed by atoms with van der Waals surface area (Å²) in [5.41, 5.74) is 1.92. The molecule has 1 N–H and O–H groups in total. The number of ether oxygens (including phenoxy) is 1. The van der Waals surface area contributed by atoms with Crippen LogP contribution in [0.3, 0.4) is 0 Å². The van der Waals surface area contributed by atoms with Crippen molar-refractivity contribution in [2.75, 3.05) is 16.8 Å². The first-order chi connectivity index (χ1) is 14.6. The molecule has 4 rings (SSSR count). The highest BCUT2D eigenvalue weighted by atomic mass is 16.6. The van der Waals surface area contributed by atoms with E-state index in [0.717, 1.165) is 34.5 Å². The topological polar surface area (TPSA) is 93.5 Å². The number of carbonyl (C=O) groups excluding carboxylic acids is 3. The van der Waals surface area contributed by atoms with E-state index in [9.17, 15) is 14.4 Å². The second kappa shape index (κ2) is 7.83. The van der Waals surface area contributed by atoms with Crippen LogP contribution in [0.5, 0.6) is 0 Å². The van der Waals surface area contributed by atoms with Crippen molar-refractivity contribution in [1.82, 2.24) is 9.78 Å². The van der Waals surface area contributed by atoms with Gasteiger partial charge in [-0.2, -0.15) is 5.10 Å². The van der Waals surface area contributed by atoms with Gasteiger partial charge in [0.25, 0.3) is 0 Å². The highest BCUT2D eigenvalue weighted by Gasteiger charge is 2.36. The summed E-state index contributed by atoms with van der Waals surface area (Å²) in [5.74, 6) is -0.327. The Labute approximate surface area is 181 Å². The maximum Gasteiger partial charge on any atom is 0.437 e. The molecule has 8 nitrogen and oxygen atoms in total. The monoisotopic (exact) mass is 424 g/mol. The van der Waals surface area contributed by atoms with Crippen LogP contribution >= 0.6 is 0 Å². The first-order valence-corrected chi connectivity index (χ1v) is 10.6. The molecule has 1 saturated heterocycles. The average molecular weight is 425 g/mol. The van der Waals surface area contributed by atoms with Gasteiger partial charge < -0.3 is 15.0 Å². The summed E-state index contributed by atoms with van der Waals surface area (Å²) < 4.78 is 6.55. The molecule has 0 spiro atoms. The van der Waals surface area contributed by atoms with Gasteiger partial charge in [0.15, 0.2) is 0 Å². The fourth-order valence-electron chi connectivity index (χ4n) is 3.67. The van der Waals surface area contributed by atoms with Crippen molar-refractivity contribution < 1.29 is 19.1 Å². The molecule has 1 aromatic heterocycles. The van der Waals surface area contributed by atoms with Crippen molar-refractivity contribution in [3.05, 3.63) is 41.6 Å². The van der Waals surface area contributed by atoms with Crippen molar-refractivity contribution >= 4 is 29.4 Å². The van der Waals surface area contributed by atoms with Crippen LogP contribution in [0.25, 0.3) is 0 Å². The molecule has 2 amide bonds. The number of benzene rings is 1. The van der Waals surface area contributed by atoms with Crippen LogP contribution < -0.4 is 10.2 Å². The predicted molar refractivity (Wildman–Crippen MR) is 116 cm³/mol. The smallest absolute Gasteiger partial charge is 0.437 e. The summed E-state index contributed by atoms with van der Waals surface area (Å²) in [5, 5.41) is 7.18. The Morgan fingerprint density at radius 3 is 2.58 bits per heavy atom. The number of rotatable bonds is 4. The lowest BCUT2D eigenvalue weighted by Gasteiger charge is -2.20. The van der Waals surface area contributed by atoms with Gasteiger partial charge in [-0.3, -0.25) is 9.59 Å². The maximum atomic E-state index is 13.0. The van der Waals surface area contributed by atoms with Crippen LogP contribution in [-0.4, -0.2) is 39.8 Å². The number of hydrogen-bond donors (Lipinski definition) is 1. The molecule has 1 aromatic carbocycles. The average Bonchev–Trinajstić information content (AvgIpc) is 3.32. The van der Waals surface area contributed by atoms with E-state index in [1.54, 1.807) is 31.7 Å². The second-order valence-electron chi connectivity index (χ2n) is 9.35. The molecule has 8 heteroatoms. The van der Waals surface area contributed by atoms with Crippen molar-refractivity contribution in [3.8, 4) is 0 Å². The van der Waals surface area contributed by atoms with E-state index in [1.165, 1.54) is 0 Å². The maximum absolute atomic E-state index is 13.0. The molecule has 2 aromatic rings. The summed E-state index contributed by atoms with van der Waals surface area (Å²) in [6.07, 6.45) is 1.51. The molecule has 1 atom stereocenters. The van der Waals surface area contributed by atoms with Crippen molar-refractivity contribution in [1.29, 1.82) is 0 Å². The summed E-state index contributed by atoms with van der Waals surface area (Å²) in [6, 6.07) is 9.38. The Balaban J connectivity index is 1.50. The normalized spacial score (nSPS) is 18.9. The molecule has 1 aliphatic carbocycles. The number of amides is 2. The highest BCUT2D eigenvalue weighted by Crippen LogP contribution is 2.40. The van der Waals surface area contributed by atoms with Crippen molar-refractivity contribution in [2.24, 2.45) is 5.92 Å². The molecular weight excluding hydrogens is 396 g/mol. The van der Waals surface area contributed by atoms with Crippen LogP contribution in [0.1, 0.15) is 57.2 Å². The number of aromatic nitrogens is 2. The number of aryl methyl sites for hydroxylation is 1. The zero-order valence-electron chi connectivity index (χ0n) is 18.3. The van der Waals surface area contributed by atoms with E-state index in [-0.39, 0.29) is 24.1 Å². The Hall–Kier alpha value is -3.16. The first kappa shape index (κ1) is 21.1. The van der Waals surface area contributed by atoms with Gasteiger partial charge in [0, 0.05) is 30.6 Å². The number of carbonyl (C=O) groups is 3. The van der Waals surface area contributed by atoms with E-state index >= 15 is 0 Å². The second-order valence-corrected chi connectivity index (χ2v) is 9.35. The van der Waals surface area contributed by atoms with Crippen LogP contribution in [-0.2, 0) is 14.3 Å². The predicted octanol–water partition coefficient (Wildman–Crippen LogP) is 3.84. The van der Waals surface area contributed by atoms with Gasteiger partial charge in [0.2, 0.25) is 11.8 Å². The van der Waals surface area contributed by atoms with Crippen LogP contribution in [0.4, 0.5) is 16.3 Å². The standard InChI is InChI=1S/C23H28N4O4/c1-14-6-5-7-17(10-14)26-13-16(11-20(26)28)21(29)24-19-12-18(15-8-9-15)25-27(19)22(30)31-23(2,3)4/h5-7,10,12,15-16H,8-9,11,13H2,1-4H3,(H,24,29). The lowest BCUT2D eigenvalue weighted by Crippen LogP contribution is -2.31. The molecule has 31 heavy (non-hydrogen) atoms. The SMILES string of the molecule is Cc1cccc(N2CC(C(=O)Nc3cc(C4CC4)nn3C(=O)OC(C)(C)C)CC2=O)c1. The number of nitrogens with zero attached hydrogens (tertiary/aromatic N) is 3. The molecule has 2 heterocycles. The minimum Gasteiger partial charge on any atom is -0.442 e. The van der Waals surface area contributed by atoms with Crippen LogP contribution in [0, 0.1) is 12.8 Å². The van der Waals surface area contributed by atoms with Gasteiger partial charge in [-0.05, 0) is 58.2 Å². The molecule has 164 valence electrons. The highest BCUT2D eigenvalue weighted by molar-refractivity contribution is 6.03. The minimum atomic E-state index is -0.684. The fraction of sp³-hybridized carbons (Fsp3) is 0.478. The van der Waals surface area contributed by atoms with E-state index in [4.69, 9.17) is 4.74 Å². The van der Waals surface area contributed by atoms with Crippen LogP contribution in [0.2, 0.25) is 0 Å². The summed E-state index contributed by atoms with van der Waals surface area (Å²) in [7, 11) is 0. The molecule has 0 radical (unpaired) electrons. The molecule has 1 saturated carbocycles. The van der Waals surface area contributed by atoms with Gasteiger partial charge in [-0.1, -0.05) is 12.1 Å². The molecule has 2 fully saturated rings. The zero-order chi connectivity index (χ0) is 22.3. The molecule has 0 bridgehead atoms. The third-order valence-corrected chi connectivity index (χ3v) is 5.35. The molecule has 1 unspecified atom stereocenters. The van der Waals surface area contributed by atoms with Crippen molar-refractivity contribution in [3.63, 3.8) is 0 Å². The number of hydrogen-bond acceptors (Lipinski definition) is 5. The minimum absolute atomic E-state index is 0.0925. The van der Waals surface area contributed by atoms with Gasteiger partial charge in [0.05, 0.1) is 11.6 Å². The van der Waals surface area contributed by atoms with Crippen molar-refractivity contribution in [2.45, 2.75) is 58.5 Å². The third kappa shape index (κ3) is 4.78. The molecule has 2 aliphatic rings. The molecule has 1 aliphatic heterocycles. The van der Waals surface area contributed by atoms with Gasteiger partial charge >= 0.3 is 6.09 Å². The Bertz CT molecular complexity index is 1030. The van der Waals surface area contributed by atoms with Crippen LogP contribution in [0.15, 0.2) is 30.3 Å². The first-order valence-electron chi connectivity index (χ1n) is 10.6. The van der Waals surface area contributed by atoms with E-state index in [0.29, 0.717) is 12.5 Å². The Morgan fingerprint density at radius 2 is 1.94 bits per heavy atom. The van der Waals surface area contributed by atoms with E-state index in [2.05, 4.69) is 10.4 Å². The zero-order valence-corrected chi connectivity index (χ0v) is 18.3. The molecular formula is C23H28N4O4. The van der Waals surface area contributed by atoms with Gasteiger partial charge in [-0.15, -0.1) is 4.68 Å².